The predicted octanol–water partition coefficient (Wildman–Crippen LogP) is 1.37. The molecule has 2 unspecified atom stereocenters. The van der Waals surface area contributed by atoms with Gasteiger partial charge in [-0.3, -0.25) is 4.79 Å². The van der Waals surface area contributed by atoms with Crippen LogP contribution in [0, 0.1) is 11.6 Å². The molecule has 0 radical (unpaired) electrons. The van der Waals surface area contributed by atoms with E-state index in [1.807, 2.05) is 0 Å². The molecule has 1 rings (SSSR count). The molecule has 18 heavy (non-hydrogen) atoms. The molecule has 0 aliphatic heterocycles. The maximum absolute atomic E-state index is 13.2. The summed E-state index contributed by atoms with van der Waals surface area (Å²) in [6.45, 7) is 0. The first-order valence-corrected chi connectivity index (χ1v) is 5.41. The number of halogens is 2. The molecule has 4 nitrogen and oxygen atoms in total. The van der Waals surface area contributed by atoms with E-state index >= 15 is 0 Å². The number of benzene rings is 1. The fourth-order valence-corrected chi connectivity index (χ4v) is 1.94. The molecular formula is C12H16F2N2O2. The second-order valence-electron chi connectivity index (χ2n) is 4.34. The van der Waals surface area contributed by atoms with Gasteiger partial charge in [0.2, 0.25) is 0 Å². The fourth-order valence-electron chi connectivity index (χ4n) is 1.94. The van der Waals surface area contributed by atoms with Gasteiger partial charge in [-0.1, -0.05) is 6.07 Å². The van der Waals surface area contributed by atoms with Crippen molar-refractivity contribution in [3.8, 4) is 0 Å². The zero-order chi connectivity index (χ0) is 13.9. The number of rotatable bonds is 5. The Kier molecular flexibility index (Phi) is 4.75. The highest BCUT2D eigenvalue weighted by Crippen LogP contribution is 2.24. The Balaban J connectivity index is 3.04. The van der Waals surface area contributed by atoms with E-state index in [2.05, 4.69) is 0 Å². The maximum Gasteiger partial charge on any atom is 0.304 e. The fraction of sp³-hybridized carbons (Fsp3) is 0.417. The normalized spacial score (nSPS) is 14.6. The number of hydrogen-bond acceptors (Lipinski definition) is 3. The van der Waals surface area contributed by atoms with Gasteiger partial charge in [-0.25, -0.2) is 8.78 Å². The van der Waals surface area contributed by atoms with Crippen molar-refractivity contribution in [2.75, 3.05) is 14.1 Å². The summed E-state index contributed by atoms with van der Waals surface area (Å²) in [5.41, 5.74) is 6.25. The average Bonchev–Trinajstić information content (AvgIpc) is 2.21. The van der Waals surface area contributed by atoms with Gasteiger partial charge in [0.05, 0.1) is 12.5 Å². The van der Waals surface area contributed by atoms with Crippen molar-refractivity contribution >= 4 is 5.97 Å². The zero-order valence-corrected chi connectivity index (χ0v) is 10.2. The second-order valence-corrected chi connectivity index (χ2v) is 4.34. The van der Waals surface area contributed by atoms with Crippen molar-refractivity contribution in [1.29, 1.82) is 0 Å². The van der Waals surface area contributed by atoms with Gasteiger partial charge >= 0.3 is 5.97 Å². The van der Waals surface area contributed by atoms with Crippen LogP contribution in [-0.2, 0) is 4.79 Å². The third-order valence-electron chi connectivity index (χ3n) is 2.66. The van der Waals surface area contributed by atoms with E-state index in [1.54, 1.807) is 19.0 Å². The first-order valence-electron chi connectivity index (χ1n) is 5.41. The number of nitrogens with zero attached hydrogens (tertiary/aromatic N) is 1. The summed E-state index contributed by atoms with van der Waals surface area (Å²) in [6.07, 6.45) is -0.248. The first kappa shape index (κ1) is 14.5. The van der Waals surface area contributed by atoms with Crippen molar-refractivity contribution < 1.29 is 18.7 Å². The Morgan fingerprint density at radius 1 is 1.39 bits per heavy atom. The topological polar surface area (TPSA) is 66.6 Å². The quantitative estimate of drug-likeness (QED) is 0.837. The smallest absolute Gasteiger partial charge is 0.304 e. The molecule has 2 atom stereocenters. The van der Waals surface area contributed by atoms with Crippen molar-refractivity contribution in [2.45, 2.75) is 18.5 Å². The van der Waals surface area contributed by atoms with Crippen molar-refractivity contribution in [1.82, 2.24) is 4.90 Å². The largest absolute Gasteiger partial charge is 0.481 e. The molecule has 0 heterocycles. The molecule has 0 saturated heterocycles. The summed E-state index contributed by atoms with van der Waals surface area (Å²) in [5.74, 6) is -2.94. The van der Waals surface area contributed by atoms with Gasteiger partial charge in [-0.05, 0) is 31.8 Å². The molecule has 1 aromatic rings. The first-order chi connectivity index (χ1) is 8.32. The molecule has 0 amide bonds. The Labute approximate surface area is 104 Å². The van der Waals surface area contributed by atoms with Crippen LogP contribution < -0.4 is 5.73 Å². The van der Waals surface area contributed by atoms with Crippen LogP contribution in [0.1, 0.15) is 18.0 Å². The molecule has 3 N–H and O–H groups in total. The maximum atomic E-state index is 13.2. The van der Waals surface area contributed by atoms with Crippen LogP contribution in [0.15, 0.2) is 18.2 Å². The molecule has 0 aromatic heterocycles. The van der Waals surface area contributed by atoms with Crippen molar-refractivity contribution in [3.63, 3.8) is 0 Å². The summed E-state index contributed by atoms with van der Waals surface area (Å²) in [4.78, 5) is 12.3. The summed E-state index contributed by atoms with van der Waals surface area (Å²) >= 11 is 0. The van der Waals surface area contributed by atoms with Crippen LogP contribution in [0.2, 0.25) is 0 Å². The van der Waals surface area contributed by atoms with Crippen LogP contribution in [0.5, 0.6) is 0 Å². The van der Waals surface area contributed by atoms with Crippen LogP contribution >= 0.6 is 0 Å². The second kappa shape index (κ2) is 5.88. The van der Waals surface area contributed by atoms with E-state index in [4.69, 9.17) is 10.8 Å². The minimum atomic E-state index is -1.03. The number of nitrogens with two attached hydrogens (primary N) is 1. The summed E-state index contributed by atoms with van der Waals surface area (Å²) < 4.78 is 26.0. The Hall–Kier alpha value is -1.53. The molecule has 0 bridgehead atoms. The Morgan fingerprint density at radius 2 is 2.00 bits per heavy atom. The number of carboxylic acids is 1. The lowest BCUT2D eigenvalue weighted by Gasteiger charge is -2.29. The van der Waals surface area contributed by atoms with Crippen molar-refractivity contribution in [3.05, 3.63) is 35.4 Å². The van der Waals surface area contributed by atoms with Gasteiger partial charge in [-0.15, -0.1) is 0 Å². The number of aliphatic carboxylic acids is 1. The lowest BCUT2D eigenvalue weighted by atomic mass is 9.96. The Morgan fingerprint density at radius 3 is 2.44 bits per heavy atom. The van der Waals surface area contributed by atoms with Gasteiger partial charge in [0.1, 0.15) is 0 Å². The minimum absolute atomic E-state index is 0.248. The molecule has 1 aromatic carbocycles. The molecule has 0 saturated carbocycles. The van der Waals surface area contributed by atoms with E-state index in [0.717, 1.165) is 12.1 Å². The van der Waals surface area contributed by atoms with Crippen LogP contribution in [0.3, 0.4) is 0 Å². The van der Waals surface area contributed by atoms with E-state index in [1.165, 1.54) is 6.07 Å². The van der Waals surface area contributed by atoms with E-state index in [-0.39, 0.29) is 6.42 Å². The average molecular weight is 258 g/mol. The van der Waals surface area contributed by atoms with Gasteiger partial charge in [0.15, 0.2) is 11.6 Å². The molecule has 100 valence electrons. The van der Waals surface area contributed by atoms with Gasteiger partial charge in [0.25, 0.3) is 0 Å². The van der Waals surface area contributed by atoms with Gasteiger partial charge < -0.3 is 15.7 Å². The monoisotopic (exact) mass is 258 g/mol. The summed E-state index contributed by atoms with van der Waals surface area (Å²) in [6, 6.07) is 2.26. The Bertz CT molecular complexity index is 438. The third kappa shape index (κ3) is 3.48. The third-order valence-corrected chi connectivity index (χ3v) is 2.66. The molecule has 0 aliphatic carbocycles. The summed E-state index contributed by atoms with van der Waals surface area (Å²) in [7, 11) is 3.40. The van der Waals surface area contributed by atoms with Gasteiger partial charge in [0, 0.05) is 6.04 Å². The molecule has 0 spiro atoms. The zero-order valence-electron chi connectivity index (χ0n) is 10.2. The minimum Gasteiger partial charge on any atom is -0.481 e. The van der Waals surface area contributed by atoms with Crippen LogP contribution in [-0.4, -0.2) is 36.1 Å². The number of carbonyl (C=O) groups is 1. The van der Waals surface area contributed by atoms with Gasteiger partial charge in [-0.2, -0.15) is 0 Å². The predicted molar refractivity (Wildman–Crippen MR) is 63.0 cm³/mol. The molecule has 6 heteroatoms. The van der Waals surface area contributed by atoms with E-state index in [0.29, 0.717) is 5.56 Å². The van der Waals surface area contributed by atoms with E-state index < -0.39 is 29.7 Å². The highest BCUT2D eigenvalue weighted by molar-refractivity contribution is 5.67. The number of hydrogen-bond donors (Lipinski definition) is 2. The molecular weight excluding hydrogens is 242 g/mol. The highest BCUT2D eigenvalue weighted by Gasteiger charge is 2.25. The standard InChI is InChI=1S/C12H16F2N2O2/c1-16(2)12(10(15)6-11(17)18)7-3-4-8(13)9(14)5-7/h3-5,10,12H,6,15H2,1-2H3,(H,17,18). The molecule has 0 aliphatic rings. The highest BCUT2D eigenvalue weighted by atomic mass is 19.2. The van der Waals surface area contributed by atoms with Crippen LogP contribution in [0.4, 0.5) is 8.78 Å². The van der Waals surface area contributed by atoms with Crippen LogP contribution in [0.25, 0.3) is 0 Å². The summed E-state index contributed by atoms with van der Waals surface area (Å²) in [5, 5.41) is 8.73. The van der Waals surface area contributed by atoms with Crippen molar-refractivity contribution in [2.24, 2.45) is 5.73 Å². The number of likely N-dealkylation sites (N-methyl/N-ethyl adjacent to an activating group) is 1. The lowest BCUT2D eigenvalue weighted by Crippen LogP contribution is -2.39. The lowest BCUT2D eigenvalue weighted by molar-refractivity contribution is -0.137. The SMILES string of the molecule is CN(C)C(c1ccc(F)c(F)c1)C(N)CC(=O)O. The number of carboxylic acid groups (broad SMARTS) is 1. The molecule has 0 fully saturated rings. The van der Waals surface area contributed by atoms with E-state index in [9.17, 15) is 13.6 Å².